The maximum Gasteiger partial charge on any atom is 0.272 e. The molecule has 1 aliphatic heterocycles. The third kappa shape index (κ3) is 1.77. The highest BCUT2D eigenvalue weighted by Gasteiger charge is 2.46. The van der Waals surface area contributed by atoms with Crippen molar-refractivity contribution in [3.63, 3.8) is 0 Å². The number of H-pyrrole nitrogens is 1. The molecule has 6 heteroatoms. The Hall–Kier alpha value is -2.94. The summed E-state index contributed by atoms with van der Waals surface area (Å²) in [6.45, 7) is 7.77. The van der Waals surface area contributed by atoms with Gasteiger partial charge in [0.15, 0.2) is 5.82 Å². The lowest BCUT2D eigenvalue weighted by molar-refractivity contribution is 0.428. The van der Waals surface area contributed by atoms with E-state index >= 15 is 0 Å². The molecule has 3 aromatic rings. The number of nitrogens with zero attached hydrogens (tertiary/aromatic N) is 4. The molecule has 1 saturated carbocycles. The summed E-state index contributed by atoms with van der Waals surface area (Å²) in [4.78, 5) is 8.65. The van der Waals surface area contributed by atoms with E-state index in [9.17, 15) is 0 Å². The van der Waals surface area contributed by atoms with Crippen LogP contribution in [0.15, 0.2) is 40.2 Å². The molecule has 5 rings (SSSR count). The number of nitrogens with one attached hydrogen (secondary N) is 1. The summed E-state index contributed by atoms with van der Waals surface area (Å²) in [5.41, 5.74) is 3.84. The Bertz CT molecular complexity index is 972. The molecule has 0 spiro atoms. The number of benzene rings is 1. The van der Waals surface area contributed by atoms with Crippen LogP contribution in [0.3, 0.4) is 0 Å². The molecule has 0 bridgehead atoms. The summed E-state index contributed by atoms with van der Waals surface area (Å²) in [6.07, 6.45) is 5.70. The molecule has 1 aromatic carbocycles. The van der Waals surface area contributed by atoms with Crippen LogP contribution in [0.5, 0.6) is 0 Å². The van der Waals surface area contributed by atoms with E-state index in [0.29, 0.717) is 5.92 Å². The van der Waals surface area contributed by atoms with E-state index in [4.69, 9.17) is 16.1 Å². The third-order valence-corrected chi connectivity index (χ3v) is 4.75. The fourth-order valence-electron chi connectivity index (χ4n) is 3.52. The second kappa shape index (κ2) is 4.53. The first-order chi connectivity index (χ1) is 11.4. The minimum atomic E-state index is -0.284. The van der Waals surface area contributed by atoms with Crippen LogP contribution in [0, 0.1) is 12.5 Å². The topological polar surface area (TPSA) is 71.4 Å². The number of fused-ring (bicyclic) bond motifs is 2. The zero-order valence-electron chi connectivity index (χ0n) is 12.2. The van der Waals surface area contributed by atoms with Crippen LogP contribution in [-0.2, 0) is 0 Å². The fourth-order valence-corrected chi connectivity index (χ4v) is 3.52. The van der Waals surface area contributed by atoms with Gasteiger partial charge in [0.2, 0.25) is 0 Å². The quantitative estimate of drug-likeness (QED) is 0.737. The van der Waals surface area contributed by atoms with Crippen LogP contribution in [0.1, 0.15) is 29.9 Å². The van der Waals surface area contributed by atoms with Gasteiger partial charge in [-0.15, -0.1) is 0 Å². The molecule has 0 saturated heterocycles. The highest BCUT2D eigenvalue weighted by atomic mass is 16.5. The lowest BCUT2D eigenvalue weighted by Crippen LogP contribution is -2.30. The molecule has 2 atom stereocenters. The van der Waals surface area contributed by atoms with Crippen molar-refractivity contribution in [3.05, 3.63) is 53.2 Å². The van der Waals surface area contributed by atoms with Crippen molar-refractivity contribution < 1.29 is 4.52 Å². The van der Waals surface area contributed by atoms with Crippen LogP contribution in [0.4, 0.5) is 5.82 Å². The maximum atomic E-state index is 7.77. The molecule has 0 amide bonds. The summed E-state index contributed by atoms with van der Waals surface area (Å²) in [7, 11) is 0. The lowest BCUT2D eigenvalue weighted by atomic mass is 9.80. The Labute approximate surface area is 132 Å². The highest BCUT2D eigenvalue weighted by molar-refractivity contribution is 6.00. The van der Waals surface area contributed by atoms with E-state index < -0.39 is 0 Å². The van der Waals surface area contributed by atoms with Crippen molar-refractivity contribution >= 4 is 22.4 Å². The third-order valence-electron chi connectivity index (χ3n) is 4.75. The second-order valence-corrected chi connectivity index (χ2v) is 6.13. The number of hydrogen-bond donors (Lipinski definition) is 1. The molecule has 23 heavy (non-hydrogen) atoms. The maximum absolute atomic E-state index is 7.77. The average molecular weight is 303 g/mol. The van der Waals surface area contributed by atoms with Gasteiger partial charge in [-0.3, -0.25) is 5.10 Å². The predicted molar refractivity (Wildman–Crippen MR) is 84.6 cm³/mol. The zero-order valence-corrected chi connectivity index (χ0v) is 12.2. The Morgan fingerprint density at radius 2 is 2.17 bits per heavy atom. The minimum absolute atomic E-state index is 0.0857. The van der Waals surface area contributed by atoms with Gasteiger partial charge in [0.1, 0.15) is 17.5 Å². The molecule has 2 aromatic heterocycles. The monoisotopic (exact) mass is 303 g/mol. The van der Waals surface area contributed by atoms with Gasteiger partial charge in [0, 0.05) is 16.9 Å². The van der Waals surface area contributed by atoms with Crippen molar-refractivity contribution in [2.24, 2.45) is 10.9 Å². The summed E-state index contributed by atoms with van der Waals surface area (Å²) < 4.78 is 5.14. The van der Waals surface area contributed by atoms with Crippen LogP contribution in [0.2, 0.25) is 0 Å². The summed E-state index contributed by atoms with van der Waals surface area (Å²) in [5, 5.41) is 12.1. The minimum Gasteiger partial charge on any atom is -0.363 e. The number of aromatic nitrogens is 3. The summed E-state index contributed by atoms with van der Waals surface area (Å²) in [5.74, 6) is 1.14. The molecule has 1 fully saturated rings. The molecule has 0 radical (unpaired) electrons. The molecule has 1 aliphatic carbocycles. The van der Waals surface area contributed by atoms with Gasteiger partial charge >= 0.3 is 0 Å². The smallest absolute Gasteiger partial charge is 0.272 e. The Morgan fingerprint density at radius 3 is 3.00 bits per heavy atom. The first-order valence-electron chi connectivity index (χ1n) is 7.68. The van der Waals surface area contributed by atoms with E-state index in [-0.39, 0.29) is 12.0 Å². The molecule has 2 aliphatic rings. The second-order valence-electron chi connectivity index (χ2n) is 6.13. The van der Waals surface area contributed by atoms with Crippen LogP contribution < -0.4 is 0 Å². The van der Waals surface area contributed by atoms with Gasteiger partial charge in [-0.25, -0.2) is 11.6 Å². The first kappa shape index (κ1) is 12.6. The van der Waals surface area contributed by atoms with Crippen LogP contribution >= 0.6 is 0 Å². The fraction of sp³-hybridized carbons (Fsp3) is 0.294. The molecule has 6 nitrogen and oxygen atoms in total. The Morgan fingerprint density at radius 1 is 1.26 bits per heavy atom. The van der Waals surface area contributed by atoms with Gasteiger partial charge in [0.05, 0.1) is 12.1 Å². The highest BCUT2D eigenvalue weighted by Crippen LogP contribution is 2.46. The van der Waals surface area contributed by atoms with Gasteiger partial charge < -0.3 is 9.37 Å². The van der Waals surface area contributed by atoms with Crippen molar-refractivity contribution in [2.75, 3.05) is 0 Å². The first-order valence-corrected chi connectivity index (χ1v) is 7.68. The van der Waals surface area contributed by atoms with Crippen LogP contribution in [0.25, 0.3) is 15.7 Å². The van der Waals surface area contributed by atoms with Crippen LogP contribution in [-0.4, -0.2) is 27.1 Å². The SMILES string of the molecule is [C-]#[N+]C1C(C2CC2)=Nc2[nH]ncc2C1c1cccc2nocc12. The normalized spacial score (nSPS) is 23.3. The van der Waals surface area contributed by atoms with Crippen molar-refractivity contribution in [1.82, 2.24) is 15.4 Å². The molecular formula is C17H13N5O. The summed E-state index contributed by atoms with van der Waals surface area (Å²) in [6, 6.07) is 5.65. The number of aromatic amines is 1. The van der Waals surface area contributed by atoms with Gasteiger partial charge in [0.25, 0.3) is 6.04 Å². The largest absolute Gasteiger partial charge is 0.363 e. The standard InChI is InChI=1S/C17H13N5O/c1-18-16-14(10-3-2-4-13-12(10)8-23-22-13)11-7-19-21-17(11)20-15(16)9-5-6-9/h2-4,7-9,14,16H,5-6H2,(H,19,21). The van der Waals surface area contributed by atoms with Crippen molar-refractivity contribution in [1.29, 1.82) is 0 Å². The Kier molecular flexibility index (Phi) is 2.48. The Balaban J connectivity index is 1.76. The van der Waals surface area contributed by atoms with Crippen molar-refractivity contribution in [3.8, 4) is 0 Å². The lowest BCUT2D eigenvalue weighted by Gasteiger charge is -2.24. The molecular weight excluding hydrogens is 290 g/mol. The number of aliphatic imine (C=N–C) groups is 1. The van der Waals surface area contributed by atoms with Gasteiger partial charge in [-0.2, -0.15) is 5.10 Å². The predicted octanol–water partition coefficient (Wildman–Crippen LogP) is 3.47. The van der Waals surface area contributed by atoms with E-state index in [1.54, 1.807) is 12.5 Å². The molecule has 112 valence electrons. The zero-order chi connectivity index (χ0) is 15.4. The summed E-state index contributed by atoms with van der Waals surface area (Å²) >= 11 is 0. The van der Waals surface area contributed by atoms with E-state index in [2.05, 4.69) is 26.3 Å². The molecule has 1 N–H and O–H groups in total. The van der Waals surface area contributed by atoms with Gasteiger partial charge in [-0.05, 0) is 24.5 Å². The van der Waals surface area contributed by atoms with Gasteiger partial charge in [-0.1, -0.05) is 17.3 Å². The molecule has 2 unspecified atom stereocenters. The van der Waals surface area contributed by atoms with E-state index in [1.165, 1.54) is 0 Å². The number of rotatable bonds is 2. The average Bonchev–Trinajstić information content (AvgIpc) is 3.12. The van der Waals surface area contributed by atoms with E-state index in [1.807, 2.05) is 12.1 Å². The number of hydrogen-bond acceptors (Lipinski definition) is 4. The molecule has 3 heterocycles. The van der Waals surface area contributed by atoms with E-state index in [0.717, 1.165) is 46.4 Å². The van der Waals surface area contributed by atoms with Crippen molar-refractivity contribution in [2.45, 2.75) is 24.8 Å².